The SMILES string of the molecule is CCNC(=NCc1ccc(F)cc1)NCc1cnc(C)s1. The zero-order valence-electron chi connectivity index (χ0n) is 12.2. The first-order chi connectivity index (χ1) is 10.2. The quantitative estimate of drug-likeness (QED) is 0.660. The maximum absolute atomic E-state index is 12.9. The van der Waals surface area contributed by atoms with E-state index in [1.165, 1.54) is 17.0 Å². The Bertz CT molecular complexity index is 592. The van der Waals surface area contributed by atoms with Crippen LogP contribution in [0, 0.1) is 12.7 Å². The minimum Gasteiger partial charge on any atom is -0.357 e. The van der Waals surface area contributed by atoms with Crippen molar-refractivity contribution in [1.29, 1.82) is 0 Å². The normalized spacial score (nSPS) is 11.5. The van der Waals surface area contributed by atoms with Crippen LogP contribution in [-0.4, -0.2) is 17.5 Å². The van der Waals surface area contributed by atoms with E-state index < -0.39 is 0 Å². The number of aryl methyl sites for hydroxylation is 1. The number of thiazole rings is 1. The van der Waals surface area contributed by atoms with E-state index in [-0.39, 0.29) is 5.82 Å². The Hall–Kier alpha value is -1.95. The number of rotatable bonds is 5. The Kier molecular flexibility index (Phi) is 5.68. The highest BCUT2D eigenvalue weighted by Crippen LogP contribution is 2.10. The molecule has 0 fully saturated rings. The molecule has 0 aliphatic rings. The van der Waals surface area contributed by atoms with Crippen LogP contribution in [0.1, 0.15) is 22.4 Å². The highest BCUT2D eigenvalue weighted by Gasteiger charge is 2.01. The van der Waals surface area contributed by atoms with Gasteiger partial charge in [0.15, 0.2) is 5.96 Å². The van der Waals surface area contributed by atoms with Gasteiger partial charge in [-0.2, -0.15) is 0 Å². The maximum Gasteiger partial charge on any atom is 0.191 e. The fourth-order valence-electron chi connectivity index (χ4n) is 1.76. The number of nitrogens with zero attached hydrogens (tertiary/aromatic N) is 2. The lowest BCUT2D eigenvalue weighted by Crippen LogP contribution is -2.36. The third kappa shape index (κ3) is 5.15. The fraction of sp³-hybridized carbons (Fsp3) is 0.333. The van der Waals surface area contributed by atoms with E-state index in [9.17, 15) is 4.39 Å². The number of benzene rings is 1. The lowest BCUT2D eigenvalue weighted by atomic mass is 10.2. The molecular weight excluding hydrogens is 287 g/mol. The molecule has 0 saturated heterocycles. The number of guanidine groups is 1. The monoisotopic (exact) mass is 306 g/mol. The third-order valence-corrected chi connectivity index (χ3v) is 3.69. The van der Waals surface area contributed by atoms with E-state index in [0.717, 1.165) is 23.1 Å². The second-order valence-corrected chi connectivity index (χ2v) is 5.84. The molecule has 1 aromatic carbocycles. The molecule has 2 rings (SSSR count). The van der Waals surface area contributed by atoms with Gasteiger partial charge in [0, 0.05) is 17.6 Å². The number of aromatic nitrogens is 1. The Morgan fingerprint density at radius 1 is 1.29 bits per heavy atom. The molecule has 0 amide bonds. The summed E-state index contributed by atoms with van der Waals surface area (Å²) in [7, 11) is 0. The van der Waals surface area contributed by atoms with E-state index in [0.29, 0.717) is 13.1 Å². The predicted molar refractivity (Wildman–Crippen MR) is 84.9 cm³/mol. The fourth-order valence-corrected chi connectivity index (χ4v) is 2.49. The number of aliphatic imine (C=N–C) groups is 1. The first kappa shape index (κ1) is 15.4. The van der Waals surface area contributed by atoms with Gasteiger partial charge in [-0.25, -0.2) is 14.4 Å². The van der Waals surface area contributed by atoms with Gasteiger partial charge in [0.05, 0.1) is 18.1 Å². The van der Waals surface area contributed by atoms with Crippen molar-refractivity contribution in [3.63, 3.8) is 0 Å². The van der Waals surface area contributed by atoms with E-state index in [4.69, 9.17) is 0 Å². The van der Waals surface area contributed by atoms with Crippen molar-refractivity contribution in [2.24, 2.45) is 4.99 Å². The van der Waals surface area contributed by atoms with Gasteiger partial charge in [-0.1, -0.05) is 12.1 Å². The molecule has 1 heterocycles. The van der Waals surface area contributed by atoms with Crippen molar-refractivity contribution in [3.8, 4) is 0 Å². The van der Waals surface area contributed by atoms with Crippen molar-refractivity contribution < 1.29 is 4.39 Å². The lowest BCUT2D eigenvalue weighted by Gasteiger charge is -2.10. The molecule has 0 spiro atoms. The summed E-state index contributed by atoms with van der Waals surface area (Å²) in [6.45, 7) is 6.00. The number of halogens is 1. The molecular formula is C15H19FN4S. The Labute approximate surface area is 128 Å². The molecule has 0 aliphatic heterocycles. The number of nitrogens with one attached hydrogen (secondary N) is 2. The summed E-state index contributed by atoms with van der Waals surface area (Å²) in [6, 6.07) is 6.39. The minimum absolute atomic E-state index is 0.228. The molecule has 1 aromatic heterocycles. The summed E-state index contributed by atoms with van der Waals surface area (Å²) >= 11 is 1.67. The minimum atomic E-state index is -0.228. The summed E-state index contributed by atoms with van der Waals surface area (Å²) in [5.41, 5.74) is 0.974. The van der Waals surface area contributed by atoms with Crippen molar-refractivity contribution in [2.45, 2.75) is 26.9 Å². The zero-order chi connectivity index (χ0) is 15.1. The molecule has 0 radical (unpaired) electrons. The summed E-state index contributed by atoms with van der Waals surface area (Å²) in [5.74, 6) is 0.515. The molecule has 6 heteroatoms. The van der Waals surface area contributed by atoms with Crippen LogP contribution in [0.15, 0.2) is 35.5 Å². The smallest absolute Gasteiger partial charge is 0.191 e. The van der Waals surface area contributed by atoms with Crippen molar-refractivity contribution in [3.05, 3.63) is 51.7 Å². The zero-order valence-corrected chi connectivity index (χ0v) is 13.0. The van der Waals surface area contributed by atoms with Gasteiger partial charge in [0.25, 0.3) is 0 Å². The number of hydrogen-bond donors (Lipinski definition) is 2. The summed E-state index contributed by atoms with van der Waals surface area (Å²) < 4.78 is 12.9. The van der Waals surface area contributed by atoms with Gasteiger partial charge in [-0.15, -0.1) is 11.3 Å². The molecule has 0 unspecified atom stereocenters. The second-order valence-electron chi connectivity index (χ2n) is 4.52. The molecule has 0 aliphatic carbocycles. The largest absolute Gasteiger partial charge is 0.357 e. The lowest BCUT2D eigenvalue weighted by molar-refractivity contribution is 0.627. The van der Waals surface area contributed by atoms with Gasteiger partial charge in [0.2, 0.25) is 0 Å². The molecule has 0 atom stereocenters. The van der Waals surface area contributed by atoms with Crippen molar-refractivity contribution in [2.75, 3.05) is 6.54 Å². The Morgan fingerprint density at radius 3 is 2.67 bits per heavy atom. The van der Waals surface area contributed by atoms with Crippen LogP contribution < -0.4 is 10.6 Å². The van der Waals surface area contributed by atoms with Gasteiger partial charge >= 0.3 is 0 Å². The van der Waals surface area contributed by atoms with Gasteiger partial charge in [-0.05, 0) is 31.5 Å². The molecule has 2 N–H and O–H groups in total. The van der Waals surface area contributed by atoms with Gasteiger partial charge < -0.3 is 10.6 Å². The van der Waals surface area contributed by atoms with Crippen LogP contribution in [0.25, 0.3) is 0 Å². The van der Waals surface area contributed by atoms with E-state index in [1.807, 2.05) is 20.0 Å². The van der Waals surface area contributed by atoms with Crippen LogP contribution >= 0.6 is 11.3 Å². The standard InChI is InChI=1S/C15H19FN4S/c1-3-17-15(20-10-14-9-18-11(2)21-14)19-8-12-4-6-13(16)7-5-12/h4-7,9H,3,8,10H2,1-2H3,(H2,17,19,20). The molecule has 4 nitrogen and oxygen atoms in total. The van der Waals surface area contributed by atoms with Crippen molar-refractivity contribution >= 4 is 17.3 Å². The highest BCUT2D eigenvalue weighted by molar-refractivity contribution is 7.11. The summed E-state index contributed by atoms with van der Waals surface area (Å²) in [5, 5.41) is 7.51. The van der Waals surface area contributed by atoms with Crippen LogP contribution in [0.5, 0.6) is 0 Å². The Balaban J connectivity index is 1.93. The molecule has 112 valence electrons. The first-order valence-electron chi connectivity index (χ1n) is 6.85. The first-order valence-corrected chi connectivity index (χ1v) is 7.67. The second kappa shape index (κ2) is 7.73. The maximum atomic E-state index is 12.9. The molecule has 2 aromatic rings. The predicted octanol–water partition coefficient (Wildman–Crippen LogP) is 2.85. The van der Waals surface area contributed by atoms with E-state index in [1.54, 1.807) is 23.5 Å². The topological polar surface area (TPSA) is 49.3 Å². The molecule has 0 saturated carbocycles. The Morgan fingerprint density at radius 2 is 2.05 bits per heavy atom. The summed E-state index contributed by atoms with van der Waals surface area (Å²) in [6.07, 6.45) is 1.87. The van der Waals surface area contributed by atoms with Crippen LogP contribution in [-0.2, 0) is 13.1 Å². The van der Waals surface area contributed by atoms with Crippen LogP contribution in [0.2, 0.25) is 0 Å². The third-order valence-electron chi connectivity index (χ3n) is 2.78. The van der Waals surface area contributed by atoms with Gasteiger partial charge in [0.1, 0.15) is 5.82 Å². The number of hydrogen-bond acceptors (Lipinski definition) is 3. The molecule has 0 bridgehead atoms. The van der Waals surface area contributed by atoms with E-state index >= 15 is 0 Å². The van der Waals surface area contributed by atoms with E-state index in [2.05, 4.69) is 20.6 Å². The van der Waals surface area contributed by atoms with Crippen molar-refractivity contribution in [1.82, 2.24) is 15.6 Å². The van der Waals surface area contributed by atoms with Gasteiger partial charge in [-0.3, -0.25) is 0 Å². The summed E-state index contributed by atoms with van der Waals surface area (Å²) in [4.78, 5) is 9.88. The molecule has 21 heavy (non-hydrogen) atoms. The van der Waals surface area contributed by atoms with Crippen LogP contribution in [0.4, 0.5) is 4.39 Å². The highest BCUT2D eigenvalue weighted by atomic mass is 32.1. The average Bonchev–Trinajstić information content (AvgIpc) is 2.89. The van der Waals surface area contributed by atoms with Crippen LogP contribution in [0.3, 0.4) is 0 Å². The average molecular weight is 306 g/mol.